The van der Waals surface area contributed by atoms with Crippen molar-refractivity contribution in [1.82, 2.24) is 14.3 Å². The van der Waals surface area contributed by atoms with Crippen molar-refractivity contribution in [2.24, 2.45) is 5.92 Å². The fraction of sp³-hybridized carbons (Fsp3) is 0.353. The Morgan fingerprint density at radius 2 is 2.00 bits per heavy atom. The van der Waals surface area contributed by atoms with E-state index in [0.29, 0.717) is 31.0 Å². The third-order valence-electron chi connectivity index (χ3n) is 4.16. The van der Waals surface area contributed by atoms with Crippen molar-refractivity contribution < 1.29 is 13.2 Å². The van der Waals surface area contributed by atoms with E-state index in [4.69, 9.17) is 0 Å². The molecule has 1 amide bonds. The lowest BCUT2D eigenvalue weighted by Crippen LogP contribution is -2.43. The number of hydrogen-bond acceptors (Lipinski definition) is 5. The van der Waals surface area contributed by atoms with Gasteiger partial charge < -0.3 is 5.32 Å². The van der Waals surface area contributed by atoms with Crippen LogP contribution in [0.1, 0.15) is 18.7 Å². The molecule has 25 heavy (non-hydrogen) atoms. The molecular formula is C17H20N4O3S. The maximum atomic E-state index is 12.7. The zero-order valence-electron chi connectivity index (χ0n) is 13.9. The van der Waals surface area contributed by atoms with Crippen molar-refractivity contribution in [3.05, 3.63) is 48.4 Å². The molecule has 1 aliphatic heterocycles. The monoisotopic (exact) mass is 360 g/mol. The highest BCUT2D eigenvalue weighted by Crippen LogP contribution is 2.24. The van der Waals surface area contributed by atoms with Crippen molar-refractivity contribution in [3.8, 4) is 0 Å². The number of nitrogens with zero attached hydrogens (tertiary/aromatic N) is 3. The van der Waals surface area contributed by atoms with Crippen molar-refractivity contribution in [3.63, 3.8) is 0 Å². The van der Waals surface area contributed by atoms with Crippen LogP contribution in [-0.4, -0.2) is 41.7 Å². The van der Waals surface area contributed by atoms with E-state index in [1.165, 1.54) is 4.31 Å². The van der Waals surface area contributed by atoms with Gasteiger partial charge in [-0.05, 0) is 38.0 Å². The molecule has 1 unspecified atom stereocenters. The van der Waals surface area contributed by atoms with Crippen LogP contribution in [0.4, 0.5) is 5.82 Å². The lowest BCUT2D eigenvalue weighted by Gasteiger charge is -2.31. The van der Waals surface area contributed by atoms with Crippen LogP contribution in [0.5, 0.6) is 0 Å². The number of benzene rings is 1. The Labute approximate surface area is 147 Å². The topological polar surface area (TPSA) is 92.3 Å². The SMILES string of the molecule is Cc1nccc(NC(=O)C2CCCN(S(=O)(=O)c3ccccc3)C2)n1. The molecule has 0 spiro atoms. The van der Waals surface area contributed by atoms with Gasteiger partial charge in [0.2, 0.25) is 15.9 Å². The number of aryl methyl sites for hydroxylation is 1. The molecule has 1 saturated heterocycles. The number of sulfonamides is 1. The first-order valence-electron chi connectivity index (χ1n) is 8.12. The zero-order valence-corrected chi connectivity index (χ0v) is 14.7. The number of nitrogens with one attached hydrogen (secondary N) is 1. The van der Waals surface area contributed by atoms with Gasteiger partial charge in [-0.25, -0.2) is 18.4 Å². The Bertz CT molecular complexity index is 855. The van der Waals surface area contributed by atoms with Gasteiger partial charge in [0.15, 0.2) is 0 Å². The van der Waals surface area contributed by atoms with Crippen molar-refractivity contribution >= 4 is 21.7 Å². The molecule has 0 radical (unpaired) electrons. The number of anilines is 1. The van der Waals surface area contributed by atoms with E-state index in [1.54, 1.807) is 49.5 Å². The molecule has 0 saturated carbocycles. The molecule has 1 aromatic heterocycles. The van der Waals surface area contributed by atoms with Crippen LogP contribution < -0.4 is 5.32 Å². The minimum absolute atomic E-state index is 0.174. The van der Waals surface area contributed by atoms with Crippen LogP contribution in [0.25, 0.3) is 0 Å². The van der Waals surface area contributed by atoms with Crippen LogP contribution >= 0.6 is 0 Å². The summed E-state index contributed by atoms with van der Waals surface area (Å²) in [6.45, 7) is 2.34. The Morgan fingerprint density at radius 3 is 2.72 bits per heavy atom. The predicted molar refractivity (Wildman–Crippen MR) is 93.3 cm³/mol. The number of hydrogen-bond donors (Lipinski definition) is 1. The predicted octanol–water partition coefficient (Wildman–Crippen LogP) is 1.82. The second kappa shape index (κ2) is 7.28. The fourth-order valence-electron chi connectivity index (χ4n) is 2.87. The summed E-state index contributed by atoms with van der Waals surface area (Å²) in [7, 11) is -3.58. The van der Waals surface area contributed by atoms with Crippen molar-refractivity contribution in [1.29, 1.82) is 0 Å². The number of rotatable bonds is 4. The molecule has 1 aliphatic rings. The average molecular weight is 360 g/mol. The first-order chi connectivity index (χ1) is 12.0. The molecule has 1 aromatic carbocycles. The normalized spacial score (nSPS) is 18.7. The highest BCUT2D eigenvalue weighted by molar-refractivity contribution is 7.89. The molecule has 3 rings (SSSR count). The van der Waals surface area contributed by atoms with Gasteiger partial charge in [0.05, 0.1) is 10.8 Å². The maximum absolute atomic E-state index is 12.7. The number of piperidine rings is 1. The minimum atomic E-state index is -3.58. The van der Waals surface area contributed by atoms with E-state index in [2.05, 4.69) is 15.3 Å². The molecule has 8 heteroatoms. The average Bonchev–Trinajstić information content (AvgIpc) is 2.62. The number of carbonyl (C=O) groups excluding carboxylic acids is 1. The standard InChI is InChI=1S/C17H20N4O3S/c1-13-18-10-9-16(19-13)20-17(22)14-6-5-11-21(12-14)25(23,24)15-7-3-2-4-8-15/h2-4,7-10,14H,5-6,11-12H2,1H3,(H,18,19,20,22). The van der Waals surface area contributed by atoms with Gasteiger partial charge in [0, 0.05) is 19.3 Å². The van der Waals surface area contributed by atoms with Gasteiger partial charge >= 0.3 is 0 Å². The highest BCUT2D eigenvalue weighted by Gasteiger charge is 2.33. The van der Waals surface area contributed by atoms with Crippen molar-refractivity contribution in [2.75, 3.05) is 18.4 Å². The van der Waals surface area contributed by atoms with E-state index >= 15 is 0 Å². The van der Waals surface area contributed by atoms with Gasteiger partial charge in [0.25, 0.3) is 0 Å². The Balaban J connectivity index is 1.71. The lowest BCUT2D eigenvalue weighted by molar-refractivity contribution is -0.120. The van der Waals surface area contributed by atoms with Crippen LogP contribution in [0.15, 0.2) is 47.5 Å². The largest absolute Gasteiger partial charge is 0.310 e. The summed E-state index contributed by atoms with van der Waals surface area (Å²) in [6.07, 6.45) is 2.87. The molecule has 1 atom stereocenters. The molecule has 0 aliphatic carbocycles. The van der Waals surface area contributed by atoms with Crippen LogP contribution in [0, 0.1) is 12.8 Å². The van der Waals surface area contributed by atoms with E-state index < -0.39 is 15.9 Å². The molecule has 1 N–H and O–H groups in total. The number of aromatic nitrogens is 2. The quantitative estimate of drug-likeness (QED) is 0.898. The van der Waals surface area contributed by atoms with Gasteiger partial charge in [0.1, 0.15) is 11.6 Å². The summed E-state index contributed by atoms with van der Waals surface area (Å²) in [5.74, 6) is 0.379. The maximum Gasteiger partial charge on any atom is 0.243 e. The summed E-state index contributed by atoms with van der Waals surface area (Å²) in [4.78, 5) is 20.9. The summed E-state index contributed by atoms with van der Waals surface area (Å²) in [5.41, 5.74) is 0. The van der Waals surface area contributed by atoms with Gasteiger partial charge in [-0.15, -0.1) is 0 Å². The first kappa shape index (κ1) is 17.5. The van der Waals surface area contributed by atoms with Crippen LogP contribution in [-0.2, 0) is 14.8 Å². The second-order valence-electron chi connectivity index (χ2n) is 5.99. The van der Waals surface area contributed by atoms with Gasteiger partial charge in [-0.2, -0.15) is 4.31 Å². The molecule has 132 valence electrons. The minimum Gasteiger partial charge on any atom is -0.310 e. The first-order valence-corrected chi connectivity index (χ1v) is 9.56. The van der Waals surface area contributed by atoms with Gasteiger partial charge in [-0.3, -0.25) is 4.79 Å². The number of carbonyl (C=O) groups is 1. The second-order valence-corrected chi connectivity index (χ2v) is 7.93. The summed E-state index contributed by atoms with van der Waals surface area (Å²) in [6, 6.07) is 9.92. The van der Waals surface area contributed by atoms with E-state index in [1.807, 2.05) is 0 Å². The molecule has 1 fully saturated rings. The Hall–Kier alpha value is -2.32. The zero-order chi connectivity index (χ0) is 17.9. The molecule has 7 nitrogen and oxygen atoms in total. The highest BCUT2D eigenvalue weighted by atomic mass is 32.2. The molecular weight excluding hydrogens is 340 g/mol. The lowest BCUT2D eigenvalue weighted by atomic mass is 9.99. The smallest absolute Gasteiger partial charge is 0.243 e. The summed E-state index contributed by atoms with van der Waals surface area (Å²) >= 11 is 0. The molecule has 2 aromatic rings. The third kappa shape index (κ3) is 4.02. The Kier molecular flexibility index (Phi) is 5.10. The van der Waals surface area contributed by atoms with Crippen molar-refractivity contribution in [2.45, 2.75) is 24.7 Å². The summed E-state index contributed by atoms with van der Waals surface area (Å²) in [5, 5.41) is 2.75. The molecule has 0 bridgehead atoms. The van der Waals surface area contributed by atoms with Gasteiger partial charge in [-0.1, -0.05) is 18.2 Å². The number of amides is 1. The summed E-state index contributed by atoms with van der Waals surface area (Å²) < 4.78 is 26.9. The van der Waals surface area contributed by atoms with E-state index in [9.17, 15) is 13.2 Å². The van der Waals surface area contributed by atoms with Crippen LogP contribution in [0.2, 0.25) is 0 Å². The third-order valence-corrected chi connectivity index (χ3v) is 6.04. The fourth-order valence-corrected chi connectivity index (χ4v) is 4.42. The van der Waals surface area contributed by atoms with E-state index in [0.717, 1.165) is 0 Å². The molecule has 2 heterocycles. The Morgan fingerprint density at radius 1 is 1.24 bits per heavy atom. The van der Waals surface area contributed by atoms with Crippen LogP contribution in [0.3, 0.4) is 0 Å². The van der Waals surface area contributed by atoms with E-state index in [-0.39, 0.29) is 17.3 Å².